The van der Waals surface area contributed by atoms with Crippen LogP contribution in [0.5, 0.6) is 11.5 Å². The second-order valence-corrected chi connectivity index (χ2v) is 7.42. The average molecular weight is 444 g/mol. The summed E-state index contributed by atoms with van der Waals surface area (Å²) in [7, 11) is 1.58. The molecule has 2 aromatic carbocycles. The van der Waals surface area contributed by atoms with E-state index in [-0.39, 0.29) is 6.61 Å². The molecule has 0 atom stereocenters. The molecule has 1 aromatic heterocycles. The molecular weight excluding hydrogens is 420 g/mol. The van der Waals surface area contributed by atoms with Crippen molar-refractivity contribution in [2.75, 3.05) is 7.11 Å². The van der Waals surface area contributed by atoms with Crippen molar-refractivity contribution in [3.05, 3.63) is 82.7 Å². The molecule has 0 aliphatic rings. The molecule has 33 heavy (non-hydrogen) atoms. The van der Waals surface area contributed by atoms with Crippen LogP contribution in [0, 0.1) is 11.3 Å². The van der Waals surface area contributed by atoms with Crippen molar-refractivity contribution in [1.29, 1.82) is 5.26 Å². The molecule has 0 fully saturated rings. The van der Waals surface area contributed by atoms with Crippen molar-refractivity contribution in [2.45, 2.75) is 26.9 Å². The van der Waals surface area contributed by atoms with Gasteiger partial charge in [-0.25, -0.2) is 9.48 Å². The third-order valence-corrected chi connectivity index (χ3v) is 4.75. The molecule has 8 heteroatoms. The van der Waals surface area contributed by atoms with Gasteiger partial charge in [-0.05, 0) is 62.7 Å². The van der Waals surface area contributed by atoms with Crippen molar-refractivity contribution in [3.63, 3.8) is 0 Å². The Morgan fingerprint density at radius 1 is 1.21 bits per heavy atom. The Kier molecular flexibility index (Phi) is 7.60. The molecule has 3 aromatic rings. The minimum atomic E-state index is -1.05. The standard InChI is InChI=1S/C25H24N4O4/c1-17(2)4-11-22-23(32-3)12-7-19(8-13-24(30)31)25(22)33-16-20-15-29(28-27-20)21-9-5-18(14-26)6-10-21/h4-10,12-13,15H,11,16H2,1-3H3,(H,30,31)/b13-8-. The molecule has 0 aliphatic carbocycles. The van der Waals surface area contributed by atoms with E-state index in [2.05, 4.69) is 22.5 Å². The van der Waals surface area contributed by atoms with Crippen LogP contribution < -0.4 is 9.47 Å². The summed E-state index contributed by atoms with van der Waals surface area (Å²) in [5.74, 6) is 0.126. The van der Waals surface area contributed by atoms with Crippen LogP contribution >= 0.6 is 0 Å². The molecule has 168 valence electrons. The van der Waals surface area contributed by atoms with Crippen molar-refractivity contribution in [1.82, 2.24) is 15.0 Å². The third kappa shape index (κ3) is 6.08. The number of nitrogens with zero attached hydrogens (tertiary/aromatic N) is 4. The first-order valence-corrected chi connectivity index (χ1v) is 10.2. The molecular formula is C25H24N4O4. The highest BCUT2D eigenvalue weighted by molar-refractivity contribution is 5.86. The van der Waals surface area contributed by atoms with Crippen LogP contribution in [0.25, 0.3) is 11.8 Å². The zero-order valence-corrected chi connectivity index (χ0v) is 18.6. The maximum Gasteiger partial charge on any atom is 0.328 e. The molecule has 0 unspecified atom stereocenters. The van der Waals surface area contributed by atoms with Crippen LogP contribution in [0.2, 0.25) is 0 Å². The first-order chi connectivity index (χ1) is 15.9. The normalized spacial score (nSPS) is 10.6. The fourth-order valence-electron chi connectivity index (χ4n) is 3.11. The van der Waals surface area contributed by atoms with E-state index in [0.717, 1.165) is 22.9 Å². The van der Waals surface area contributed by atoms with Crippen LogP contribution in [-0.2, 0) is 17.8 Å². The summed E-state index contributed by atoms with van der Waals surface area (Å²) in [5, 5.41) is 26.3. The third-order valence-electron chi connectivity index (χ3n) is 4.75. The summed E-state index contributed by atoms with van der Waals surface area (Å²) >= 11 is 0. The number of aliphatic carboxylic acids is 1. The van der Waals surface area contributed by atoms with Crippen LogP contribution in [-0.4, -0.2) is 33.2 Å². The SMILES string of the molecule is COc1ccc(/C=C\C(=O)O)c(OCc2cn(-c3ccc(C#N)cc3)nn2)c1CC=C(C)C. The van der Waals surface area contributed by atoms with E-state index in [1.54, 1.807) is 54.4 Å². The molecule has 0 radical (unpaired) electrons. The summed E-state index contributed by atoms with van der Waals surface area (Å²) in [6.45, 7) is 4.13. The molecule has 0 saturated heterocycles. The van der Waals surface area contributed by atoms with Gasteiger partial charge in [0.05, 0.1) is 30.6 Å². The van der Waals surface area contributed by atoms with Gasteiger partial charge in [-0.2, -0.15) is 5.26 Å². The van der Waals surface area contributed by atoms with E-state index in [0.29, 0.717) is 34.7 Å². The maximum atomic E-state index is 11.1. The monoisotopic (exact) mass is 444 g/mol. The van der Waals surface area contributed by atoms with E-state index < -0.39 is 5.97 Å². The predicted molar refractivity (Wildman–Crippen MR) is 123 cm³/mol. The van der Waals surface area contributed by atoms with Gasteiger partial charge < -0.3 is 14.6 Å². The minimum absolute atomic E-state index is 0.124. The number of carboxylic acids is 1. The lowest BCUT2D eigenvalue weighted by molar-refractivity contribution is -0.131. The Balaban J connectivity index is 1.91. The number of methoxy groups -OCH3 is 1. The maximum absolute atomic E-state index is 11.1. The number of nitriles is 1. The van der Waals surface area contributed by atoms with Gasteiger partial charge in [-0.3, -0.25) is 0 Å². The number of carboxylic acid groups (broad SMARTS) is 1. The van der Waals surface area contributed by atoms with Crippen LogP contribution in [0.1, 0.15) is 36.2 Å². The molecule has 0 aliphatic heterocycles. The van der Waals surface area contributed by atoms with E-state index in [9.17, 15) is 4.79 Å². The molecule has 1 heterocycles. The lowest BCUT2D eigenvalue weighted by Gasteiger charge is -2.16. The first-order valence-electron chi connectivity index (χ1n) is 10.2. The number of aromatic nitrogens is 3. The van der Waals surface area contributed by atoms with Gasteiger partial charge in [0, 0.05) is 17.2 Å². The van der Waals surface area contributed by atoms with Gasteiger partial charge in [0.15, 0.2) is 0 Å². The van der Waals surface area contributed by atoms with Gasteiger partial charge in [-0.1, -0.05) is 16.9 Å². The van der Waals surface area contributed by atoms with Gasteiger partial charge in [-0.15, -0.1) is 5.10 Å². The zero-order chi connectivity index (χ0) is 23.8. The molecule has 0 amide bonds. The lowest BCUT2D eigenvalue weighted by atomic mass is 10.0. The van der Waals surface area contributed by atoms with Crippen LogP contribution in [0.15, 0.2) is 60.3 Å². The van der Waals surface area contributed by atoms with Crippen molar-refractivity contribution in [3.8, 4) is 23.3 Å². The molecule has 3 rings (SSSR count). The number of hydrogen-bond donors (Lipinski definition) is 1. The number of ether oxygens (including phenoxy) is 2. The van der Waals surface area contributed by atoms with Crippen molar-refractivity contribution < 1.29 is 19.4 Å². The van der Waals surface area contributed by atoms with Crippen LogP contribution in [0.3, 0.4) is 0 Å². The van der Waals surface area contributed by atoms with E-state index >= 15 is 0 Å². The molecule has 0 spiro atoms. The second-order valence-electron chi connectivity index (χ2n) is 7.42. The summed E-state index contributed by atoms with van der Waals surface area (Å²) < 4.78 is 13.3. The fraction of sp³-hybridized carbons (Fsp3) is 0.200. The fourth-order valence-corrected chi connectivity index (χ4v) is 3.11. The van der Waals surface area contributed by atoms with E-state index in [1.165, 1.54) is 6.08 Å². The number of allylic oxidation sites excluding steroid dienone is 2. The molecule has 0 saturated carbocycles. The molecule has 8 nitrogen and oxygen atoms in total. The van der Waals surface area contributed by atoms with Gasteiger partial charge in [0.2, 0.25) is 0 Å². The quantitative estimate of drug-likeness (QED) is 0.386. The highest BCUT2D eigenvalue weighted by atomic mass is 16.5. The average Bonchev–Trinajstić information content (AvgIpc) is 3.29. The summed E-state index contributed by atoms with van der Waals surface area (Å²) in [6.07, 6.45) is 6.92. The highest BCUT2D eigenvalue weighted by Crippen LogP contribution is 2.35. The number of hydrogen-bond acceptors (Lipinski definition) is 6. The number of benzene rings is 2. The Hall–Kier alpha value is -4.38. The van der Waals surface area contributed by atoms with E-state index in [4.69, 9.17) is 19.8 Å². The largest absolute Gasteiger partial charge is 0.496 e. The van der Waals surface area contributed by atoms with Gasteiger partial charge >= 0.3 is 5.97 Å². The smallest absolute Gasteiger partial charge is 0.328 e. The predicted octanol–water partition coefficient (Wildman–Crippen LogP) is 4.33. The summed E-state index contributed by atoms with van der Waals surface area (Å²) in [6, 6.07) is 12.6. The molecule has 1 N–H and O–H groups in total. The topological polar surface area (TPSA) is 110 Å². The Morgan fingerprint density at radius 3 is 2.61 bits per heavy atom. The van der Waals surface area contributed by atoms with Gasteiger partial charge in [0.25, 0.3) is 0 Å². The minimum Gasteiger partial charge on any atom is -0.496 e. The lowest BCUT2D eigenvalue weighted by Crippen LogP contribution is -2.03. The summed E-state index contributed by atoms with van der Waals surface area (Å²) in [5.41, 5.74) is 4.48. The number of rotatable bonds is 9. The Labute approximate surface area is 192 Å². The Morgan fingerprint density at radius 2 is 1.97 bits per heavy atom. The number of carbonyl (C=O) groups is 1. The molecule has 0 bridgehead atoms. The van der Waals surface area contributed by atoms with Crippen molar-refractivity contribution in [2.24, 2.45) is 0 Å². The van der Waals surface area contributed by atoms with E-state index in [1.807, 2.05) is 13.8 Å². The first kappa shape index (κ1) is 23.3. The van der Waals surface area contributed by atoms with Crippen molar-refractivity contribution >= 4 is 12.0 Å². The Bertz CT molecular complexity index is 1230. The highest BCUT2D eigenvalue weighted by Gasteiger charge is 2.15. The van der Waals surface area contributed by atoms with Crippen LogP contribution in [0.4, 0.5) is 0 Å². The van der Waals surface area contributed by atoms with Gasteiger partial charge in [0.1, 0.15) is 23.8 Å². The zero-order valence-electron chi connectivity index (χ0n) is 18.6. The second kappa shape index (κ2) is 10.8. The summed E-state index contributed by atoms with van der Waals surface area (Å²) in [4.78, 5) is 11.1.